The molecule has 0 saturated carbocycles. The smallest absolute Gasteiger partial charge is 0.255 e. The molecule has 0 unspecified atom stereocenters. The molecule has 4 rings (SSSR count). The van der Waals surface area contributed by atoms with E-state index in [4.69, 9.17) is 9.15 Å². The average Bonchev–Trinajstić information content (AvgIpc) is 3.28. The Morgan fingerprint density at radius 1 is 0.875 bits per heavy atom. The highest BCUT2D eigenvalue weighted by Crippen LogP contribution is 2.21. The number of carbonyl (C=O) groups is 2. The number of benzene rings is 3. The quantitative estimate of drug-likeness (QED) is 0.448. The number of amides is 2. The number of carbonyl (C=O) groups excluding carboxylic acids is 2. The van der Waals surface area contributed by atoms with Crippen LogP contribution < -0.4 is 15.4 Å². The minimum Gasteiger partial charge on any atom is -0.484 e. The summed E-state index contributed by atoms with van der Waals surface area (Å²) in [5.74, 6) is 0.868. The molecular weight excluding hydrogens is 408 g/mol. The average molecular weight is 428 g/mol. The Morgan fingerprint density at radius 2 is 1.66 bits per heavy atom. The first-order chi connectivity index (χ1) is 15.6. The largest absolute Gasteiger partial charge is 0.484 e. The van der Waals surface area contributed by atoms with Gasteiger partial charge in [-0.2, -0.15) is 0 Å². The zero-order valence-corrected chi connectivity index (χ0v) is 17.2. The van der Waals surface area contributed by atoms with E-state index in [2.05, 4.69) is 20.8 Å². The maximum atomic E-state index is 12.5. The first-order valence-corrected chi connectivity index (χ1v) is 9.86. The van der Waals surface area contributed by atoms with E-state index in [1.807, 2.05) is 30.3 Å². The fourth-order valence-corrected chi connectivity index (χ4v) is 2.93. The molecule has 4 aromatic rings. The molecule has 8 nitrogen and oxygen atoms in total. The summed E-state index contributed by atoms with van der Waals surface area (Å²) in [6, 6.07) is 23.1. The lowest BCUT2D eigenvalue weighted by Crippen LogP contribution is -2.12. The second kappa shape index (κ2) is 9.57. The van der Waals surface area contributed by atoms with Crippen LogP contribution >= 0.6 is 0 Å². The third-order valence-electron chi connectivity index (χ3n) is 4.41. The van der Waals surface area contributed by atoms with Crippen LogP contribution in [0.4, 0.5) is 11.4 Å². The predicted octanol–water partition coefficient (Wildman–Crippen LogP) is 4.53. The molecule has 0 bridgehead atoms. The predicted molar refractivity (Wildman–Crippen MR) is 119 cm³/mol. The van der Waals surface area contributed by atoms with Gasteiger partial charge in [-0.05, 0) is 48.5 Å². The maximum absolute atomic E-state index is 12.5. The molecule has 2 amide bonds. The molecule has 1 aromatic heterocycles. The molecule has 3 aromatic carbocycles. The fourth-order valence-electron chi connectivity index (χ4n) is 2.93. The number of rotatable bonds is 7. The number of aromatic nitrogens is 2. The Labute approximate surface area is 184 Å². The fraction of sp³-hybridized carbons (Fsp3) is 0.0833. The molecule has 0 aliphatic rings. The van der Waals surface area contributed by atoms with E-state index < -0.39 is 0 Å². The van der Waals surface area contributed by atoms with Crippen LogP contribution in [-0.2, 0) is 11.4 Å². The Morgan fingerprint density at radius 3 is 2.41 bits per heavy atom. The summed E-state index contributed by atoms with van der Waals surface area (Å²) in [5.41, 5.74) is 2.50. The Bertz CT molecular complexity index is 1220. The van der Waals surface area contributed by atoms with Crippen LogP contribution in [0.2, 0.25) is 0 Å². The molecule has 2 N–H and O–H groups in total. The Kier molecular flexibility index (Phi) is 6.22. The molecule has 0 saturated heterocycles. The van der Waals surface area contributed by atoms with Gasteiger partial charge in [-0.1, -0.05) is 24.3 Å². The minimum absolute atomic E-state index is 0.0991. The van der Waals surface area contributed by atoms with E-state index in [0.717, 1.165) is 5.56 Å². The highest BCUT2D eigenvalue weighted by atomic mass is 16.5. The van der Waals surface area contributed by atoms with Gasteiger partial charge in [0.05, 0.1) is 0 Å². The van der Waals surface area contributed by atoms with Crippen molar-refractivity contribution in [2.24, 2.45) is 0 Å². The van der Waals surface area contributed by atoms with Crippen molar-refractivity contribution in [2.75, 3.05) is 10.6 Å². The topological polar surface area (TPSA) is 106 Å². The van der Waals surface area contributed by atoms with Crippen LogP contribution in [0, 0.1) is 0 Å². The van der Waals surface area contributed by atoms with Crippen molar-refractivity contribution >= 4 is 23.2 Å². The molecule has 0 atom stereocenters. The van der Waals surface area contributed by atoms with Gasteiger partial charge < -0.3 is 19.8 Å². The van der Waals surface area contributed by atoms with Gasteiger partial charge in [0.25, 0.3) is 11.8 Å². The lowest BCUT2D eigenvalue weighted by atomic mass is 10.2. The van der Waals surface area contributed by atoms with Gasteiger partial charge in [0.2, 0.25) is 11.8 Å². The monoisotopic (exact) mass is 428 g/mol. The molecule has 0 aliphatic heterocycles. The van der Waals surface area contributed by atoms with Gasteiger partial charge in [0.1, 0.15) is 5.75 Å². The number of ether oxygens (including phenoxy) is 1. The van der Waals surface area contributed by atoms with Crippen LogP contribution in [0.5, 0.6) is 5.75 Å². The second-order valence-electron chi connectivity index (χ2n) is 6.90. The number of nitrogens with one attached hydrogen (secondary N) is 2. The third-order valence-corrected chi connectivity index (χ3v) is 4.41. The van der Waals surface area contributed by atoms with E-state index in [1.54, 1.807) is 48.5 Å². The molecule has 32 heavy (non-hydrogen) atoms. The van der Waals surface area contributed by atoms with Crippen molar-refractivity contribution in [1.82, 2.24) is 10.2 Å². The summed E-state index contributed by atoms with van der Waals surface area (Å²) >= 11 is 0. The molecule has 0 radical (unpaired) electrons. The van der Waals surface area contributed by atoms with Gasteiger partial charge in [0, 0.05) is 35.5 Å². The lowest BCUT2D eigenvalue weighted by molar-refractivity contribution is -0.114. The number of hydrogen-bond donors (Lipinski definition) is 2. The molecule has 160 valence electrons. The summed E-state index contributed by atoms with van der Waals surface area (Å²) in [5, 5.41) is 13.5. The van der Waals surface area contributed by atoms with Crippen molar-refractivity contribution in [3.8, 4) is 17.2 Å². The van der Waals surface area contributed by atoms with E-state index in [1.165, 1.54) is 6.92 Å². The van der Waals surface area contributed by atoms with Crippen LogP contribution in [0.25, 0.3) is 11.5 Å². The number of hydrogen-bond acceptors (Lipinski definition) is 6. The third kappa shape index (κ3) is 5.37. The molecule has 8 heteroatoms. The normalized spacial score (nSPS) is 10.4. The summed E-state index contributed by atoms with van der Waals surface area (Å²) in [7, 11) is 0. The van der Waals surface area contributed by atoms with Gasteiger partial charge in [-0.3, -0.25) is 9.59 Å². The highest BCUT2D eigenvalue weighted by Gasteiger charge is 2.10. The Hall–Kier alpha value is -4.46. The lowest BCUT2D eigenvalue weighted by Gasteiger charge is -2.09. The molecule has 0 aliphatic carbocycles. The van der Waals surface area contributed by atoms with Crippen molar-refractivity contribution in [2.45, 2.75) is 13.5 Å². The maximum Gasteiger partial charge on any atom is 0.255 e. The number of nitrogens with zero attached hydrogens (tertiary/aromatic N) is 2. The summed E-state index contributed by atoms with van der Waals surface area (Å²) in [6.45, 7) is 1.53. The summed E-state index contributed by atoms with van der Waals surface area (Å²) in [4.78, 5) is 23.6. The molecular formula is C24H20N4O4. The summed E-state index contributed by atoms with van der Waals surface area (Å²) < 4.78 is 11.4. The van der Waals surface area contributed by atoms with Crippen LogP contribution in [0.3, 0.4) is 0 Å². The minimum atomic E-state index is -0.277. The van der Waals surface area contributed by atoms with Crippen molar-refractivity contribution in [1.29, 1.82) is 0 Å². The van der Waals surface area contributed by atoms with Crippen LogP contribution in [0.15, 0.2) is 83.3 Å². The zero-order chi connectivity index (χ0) is 22.3. The van der Waals surface area contributed by atoms with Crippen molar-refractivity contribution < 1.29 is 18.7 Å². The van der Waals surface area contributed by atoms with Crippen molar-refractivity contribution in [3.63, 3.8) is 0 Å². The van der Waals surface area contributed by atoms with E-state index in [0.29, 0.717) is 34.5 Å². The van der Waals surface area contributed by atoms with E-state index in [-0.39, 0.29) is 18.4 Å². The first-order valence-electron chi connectivity index (χ1n) is 9.86. The van der Waals surface area contributed by atoms with E-state index >= 15 is 0 Å². The van der Waals surface area contributed by atoms with Crippen molar-refractivity contribution in [3.05, 3.63) is 90.3 Å². The first kappa shape index (κ1) is 20.8. The standard InChI is InChI=1S/C24H20N4O4/c1-16(29)25-19-12-10-17(11-13-19)23(30)26-20-8-5-9-21(14-20)31-15-22-27-28-24(32-22)18-6-3-2-4-7-18/h2-14H,15H2,1H3,(H,25,29)(H,26,30). The van der Waals surface area contributed by atoms with Crippen LogP contribution in [0.1, 0.15) is 23.2 Å². The summed E-state index contributed by atoms with van der Waals surface area (Å²) in [6.07, 6.45) is 0. The van der Waals surface area contributed by atoms with E-state index in [9.17, 15) is 9.59 Å². The highest BCUT2D eigenvalue weighted by molar-refractivity contribution is 6.04. The number of anilines is 2. The SMILES string of the molecule is CC(=O)Nc1ccc(C(=O)Nc2cccc(OCc3nnc(-c4ccccc4)o3)c2)cc1. The zero-order valence-electron chi connectivity index (χ0n) is 17.2. The molecule has 0 fully saturated rings. The van der Waals surface area contributed by atoms with Gasteiger partial charge in [0.15, 0.2) is 6.61 Å². The molecule has 1 heterocycles. The Balaban J connectivity index is 1.36. The van der Waals surface area contributed by atoms with Gasteiger partial charge in [-0.25, -0.2) is 0 Å². The van der Waals surface area contributed by atoms with Crippen LogP contribution in [-0.4, -0.2) is 22.0 Å². The second-order valence-corrected chi connectivity index (χ2v) is 6.90. The molecule has 0 spiro atoms. The van der Waals surface area contributed by atoms with Gasteiger partial charge >= 0.3 is 0 Å². The van der Waals surface area contributed by atoms with Gasteiger partial charge in [-0.15, -0.1) is 10.2 Å².